The minimum Gasteiger partial charge on any atom is -0.486 e. The van der Waals surface area contributed by atoms with E-state index in [0.717, 1.165) is 11.1 Å². The molecular formula is C20H19N3O4. The number of nitrogens with zero attached hydrogens (tertiary/aromatic N) is 2. The zero-order valence-electron chi connectivity index (χ0n) is 15.1. The van der Waals surface area contributed by atoms with Gasteiger partial charge < -0.3 is 13.9 Å². The van der Waals surface area contributed by atoms with Gasteiger partial charge in [-0.3, -0.25) is 10.1 Å². The number of aromatic nitrogens is 2. The fourth-order valence-electron chi connectivity index (χ4n) is 2.94. The molecule has 1 amide bonds. The fraction of sp³-hybridized carbons (Fsp3) is 0.250. The van der Waals surface area contributed by atoms with E-state index >= 15 is 0 Å². The van der Waals surface area contributed by atoms with E-state index in [4.69, 9.17) is 13.9 Å². The van der Waals surface area contributed by atoms with Crippen LogP contribution in [0.5, 0.6) is 11.5 Å². The van der Waals surface area contributed by atoms with Crippen LogP contribution in [0.1, 0.15) is 32.9 Å². The zero-order chi connectivity index (χ0) is 18.8. The van der Waals surface area contributed by atoms with E-state index in [1.54, 1.807) is 18.2 Å². The topological polar surface area (TPSA) is 86.5 Å². The number of amides is 1. The largest absolute Gasteiger partial charge is 0.486 e. The van der Waals surface area contributed by atoms with Gasteiger partial charge in [0.1, 0.15) is 13.2 Å². The summed E-state index contributed by atoms with van der Waals surface area (Å²) < 4.78 is 16.5. The molecule has 1 aromatic heterocycles. The van der Waals surface area contributed by atoms with Crippen molar-refractivity contribution in [3.8, 4) is 11.5 Å². The fourth-order valence-corrected chi connectivity index (χ4v) is 2.94. The normalized spacial score (nSPS) is 12.7. The van der Waals surface area contributed by atoms with Gasteiger partial charge in [0.05, 0.1) is 6.42 Å². The number of aryl methyl sites for hydroxylation is 2. The Bertz CT molecular complexity index is 997. The molecule has 0 unspecified atom stereocenters. The van der Waals surface area contributed by atoms with Crippen LogP contribution < -0.4 is 14.8 Å². The molecule has 0 bridgehead atoms. The van der Waals surface area contributed by atoms with Gasteiger partial charge in [0.15, 0.2) is 11.5 Å². The smallest absolute Gasteiger partial charge is 0.322 e. The van der Waals surface area contributed by atoms with Crippen LogP contribution >= 0.6 is 0 Å². The van der Waals surface area contributed by atoms with E-state index in [1.807, 2.05) is 19.1 Å². The lowest BCUT2D eigenvalue weighted by atomic mass is 10.0. The Morgan fingerprint density at radius 3 is 2.67 bits per heavy atom. The highest BCUT2D eigenvalue weighted by Gasteiger charge is 2.17. The standard InChI is InChI=1S/C20H19N3O4/c1-12-3-4-14(13(2)9-12)11-18-22-23-20(27-18)21-19(24)15-5-6-16-17(10-15)26-8-7-25-16/h3-6,9-10H,7-8,11H2,1-2H3,(H,21,23,24). The number of anilines is 1. The predicted octanol–water partition coefficient (Wildman–Crippen LogP) is 3.30. The summed E-state index contributed by atoms with van der Waals surface area (Å²) in [5, 5.41) is 10.5. The SMILES string of the molecule is Cc1ccc(Cc2nnc(NC(=O)c3ccc4c(c3)OCCO4)o2)c(C)c1. The molecule has 0 radical (unpaired) electrons. The first-order valence-corrected chi connectivity index (χ1v) is 8.68. The van der Waals surface area contributed by atoms with E-state index in [-0.39, 0.29) is 11.9 Å². The Morgan fingerprint density at radius 2 is 1.85 bits per heavy atom. The van der Waals surface area contributed by atoms with Crippen molar-refractivity contribution in [1.29, 1.82) is 0 Å². The minimum atomic E-state index is -0.353. The zero-order valence-corrected chi connectivity index (χ0v) is 15.1. The number of hydrogen-bond acceptors (Lipinski definition) is 6. The number of rotatable bonds is 4. The molecule has 2 heterocycles. The van der Waals surface area contributed by atoms with Crippen molar-refractivity contribution in [1.82, 2.24) is 10.2 Å². The van der Waals surface area contributed by atoms with Crippen molar-refractivity contribution < 1.29 is 18.7 Å². The molecule has 4 rings (SSSR count). The molecule has 7 heteroatoms. The van der Waals surface area contributed by atoms with E-state index in [0.29, 0.717) is 42.6 Å². The maximum absolute atomic E-state index is 12.4. The van der Waals surface area contributed by atoms with Gasteiger partial charge in [-0.15, -0.1) is 5.10 Å². The first-order valence-electron chi connectivity index (χ1n) is 8.68. The quantitative estimate of drug-likeness (QED) is 0.763. The molecule has 0 fully saturated rings. The summed E-state index contributed by atoms with van der Waals surface area (Å²) in [5.41, 5.74) is 3.89. The lowest BCUT2D eigenvalue weighted by molar-refractivity contribution is 0.102. The van der Waals surface area contributed by atoms with Gasteiger partial charge in [0.2, 0.25) is 5.89 Å². The lowest BCUT2D eigenvalue weighted by Crippen LogP contribution is -2.17. The molecule has 0 aliphatic carbocycles. The van der Waals surface area contributed by atoms with Crippen molar-refractivity contribution in [3.05, 3.63) is 64.5 Å². The second-order valence-electron chi connectivity index (χ2n) is 6.42. The molecular weight excluding hydrogens is 346 g/mol. The molecule has 1 aliphatic heterocycles. The molecule has 0 saturated heterocycles. The van der Waals surface area contributed by atoms with Gasteiger partial charge in [0.25, 0.3) is 5.91 Å². The van der Waals surface area contributed by atoms with Crippen LogP contribution in [0.2, 0.25) is 0 Å². The number of fused-ring (bicyclic) bond motifs is 1. The van der Waals surface area contributed by atoms with Crippen LogP contribution in [0.3, 0.4) is 0 Å². The molecule has 7 nitrogen and oxygen atoms in total. The third kappa shape index (κ3) is 3.76. The van der Waals surface area contributed by atoms with Gasteiger partial charge in [-0.2, -0.15) is 0 Å². The average Bonchev–Trinajstić information content (AvgIpc) is 3.10. The molecule has 0 atom stereocenters. The van der Waals surface area contributed by atoms with Crippen LogP contribution in [0.15, 0.2) is 40.8 Å². The van der Waals surface area contributed by atoms with E-state index in [9.17, 15) is 4.79 Å². The van der Waals surface area contributed by atoms with Gasteiger partial charge in [-0.05, 0) is 43.2 Å². The maximum atomic E-state index is 12.4. The van der Waals surface area contributed by atoms with Crippen LogP contribution in [0.25, 0.3) is 0 Å². The van der Waals surface area contributed by atoms with Gasteiger partial charge >= 0.3 is 6.01 Å². The van der Waals surface area contributed by atoms with Crippen molar-refractivity contribution >= 4 is 11.9 Å². The number of carbonyl (C=O) groups is 1. The summed E-state index contributed by atoms with van der Waals surface area (Å²) in [5.74, 6) is 1.27. The highest BCUT2D eigenvalue weighted by atomic mass is 16.6. The second-order valence-corrected chi connectivity index (χ2v) is 6.42. The van der Waals surface area contributed by atoms with Gasteiger partial charge in [-0.25, -0.2) is 0 Å². The highest BCUT2D eigenvalue weighted by Crippen LogP contribution is 2.31. The number of ether oxygens (including phenoxy) is 2. The van der Waals surface area contributed by atoms with Crippen molar-refractivity contribution in [2.75, 3.05) is 18.5 Å². The third-order valence-corrected chi connectivity index (χ3v) is 4.33. The first kappa shape index (κ1) is 17.1. The Hall–Kier alpha value is -3.35. The molecule has 0 saturated carbocycles. The number of benzene rings is 2. The summed E-state index contributed by atoms with van der Waals surface area (Å²) in [6.45, 7) is 5.06. The summed E-state index contributed by atoms with van der Waals surface area (Å²) >= 11 is 0. The maximum Gasteiger partial charge on any atom is 0.322 e. The third-order valence-electron chi connectivity index (χ3n) is 4.33. The van der Waals surface area contributed by atoms with Gasteiger partial charge in [-0.1, -0.05) is 28.9 Å². The minimum absolute atomic E-state index is 0.0645. The Balaban J connectivity index is 1.45. The van der Waals surface area contributed by atoms with Crippen molar-refractivity contribution in [2.45, 2.75) is 20.3 Å². The van der Waals surface area contributed by atoms with Gasteiger partial charge in [0, 0.05) is 5.56 Å². The summed E-state index contributed by atoms with van der Waals surface area (Å²) in [6.07, 6.45) is 0.513. The molecule has 1 N–H and O–H groups in total. The molecule has 27 heavy (non-hydrogen) atoms. The van der Waals surface area contributed by atoms with E-state index in [1.165, 1.54) is 5.56 Å². The van der Waals surface area contributed by atoms with Crippen LogP contribution in [0, 0.1) is 13.8 Å². The van der Waals surface area contributed by atoms with Crippen LogP contribution in [0.4, 0.5) is 6.01 Å². The highest BCUT2D eigenvalue weighted by molar-refractivity contribution is 6.03. The molecule has 2 aromatic carbocycles. The lowest BCUT2D eigenvalue weighted by Gasteiger charge is -2.18. The Kier molecular flexibility index (Phi) is 4.50. The summed E-state index contributed by atoms with van der Waals surface area (Å²) in [6, 6.07) is 11.3. The average molecular weight is 365 g/mol. The number of carbonyl (C=O) groups excluding carboxylic acids is 1. The van der Waals surface area contributed by atoms with Crippen molar-refractivity contribution in [2.24, 2.45) is 0 Å². The summed E-state index contributed by atoms with van der Waals surface area (Å²) in [7, 11) is 0. The summed E-state index contributed by atoms with van der Waals surface area (Å²) in [4.78, 5) is 12.4. The van der Waals surface area contributed by atoms with Crippen LogP contribution in [-0.4, -0.2) is 29.3 Å². The first-order chi connectivity index (χ1) is 13.1. The Labute approximate surface area is 156 Å². The molecule has 138 valence electrons. The van der Waals surface area contributed by atoms with E-state index < -0.39 is 0 Å². The molecule has 0 spiro atoms. The number of hydrogen-bond donors (Lipinski definition) is 1. The predicted molar refractivity (Wildman–Crippen MR) is 98.4 cm³/mol. The van der Waals surface area contributed by atoms with Crippen LogP contribution in [-0.2, 0) is 6.42 Å². The number of nitrogens with one attached hydrogen (secondary N) is 1. The molecule has 1 aliphatic rings. The monoisotopic (exact) mass is 365 g/mol. The Morgan fingerprint density at radius 1 is 1.04 bits per heavy atom. The molecule has 3 aromatic rings. The second kappa shape index (κ2) is 7.11. The van der Waals surface area contributed by atoms with Crippen molar-refractivity contribution in [3.63, 3.8) is 0 Å². The van der Waals surface area contributed by atoms with E-state index in [2.05, 4.69) is 28.5 Å².